The van der Waals surface area contributed by atoms with Gasteiger partial charge in [-0.1, -0.05) is 42.5 Å². The number of carbonyl (C=O) groups is 1. The van der Waals surface area contributed by atoms with Crippen LogP contribution in [0, 0.1) is 0 Å². The van der Waals surface area contributed by atoms with Crippen molar-refractivity contribution in [2.45, 2.75) is 18.9 Å². The highest BCUT2D eigenvalue weighted by Crippen LogP contribution is 2.35. The van der Waals surface area contributed by atoms with Gasteiger partial charge in [0.25, 0.3) is 5.91 Å². The minimum atomic E-state index is -0.125. The quantitative estimate of drug-likeness (QED) is 0.668. The van der Waals surface area contributed by atoms with Crippen molar-refractivity contribution < 1.29 is 14.3 Å². The SMILES string of the molecule is CN(C)c1c(C(=O)NC2CCOc3ccccc32)cnc2c(C3=CCOCC3)cccc12. The van der Waals surface area contributed by atoms with Crippen molar-refractivity contribution in [3.8, 4) is 5.75 Å². The van der Waals surface area contributed by atoms with Gasteiger partial charge in [-0.2, -0.15) is 0 Å². The van der Waals surface area contributed by atoms with Crippen molar-refractivity contribution in [2.24, 2.45) is 0 Å². The average molecular weight is 430 g/mol. The molecule has 0 aliphatic carbocycles. The fraction of sp³-hybridized carbons (Fsp3) is 0.308. The molecule has 32 heavy (non-hydrogen) atoms. The largest absolute Gasteiger partial charge is 0.493 e. The number of amides is 1. The molecule has 1 N–H and O–H groups in total. The number of nitrogens with zero attached hydrogens (tertiary/aromatic N) is 2. The van der Waals surface area contributed by atoms with E-state index in [1.807, 2.05) is 55.4 Å². The van der Waals surface area contributed by atoms with Crippen LogP contribution in [0.3, 0.4) is 0 Å². The number of carbonyl (C=O) groups excluding carboxylic acids is 1. The van der Waals surface area contributed by atoms with Gasteiger partial charge in [0, 0.05) is 43.2 Å². The topological polar surface area (TPSA) is 63.7 Å². The van der Waals surface area contributed by atoms with Gasteiger partial charge in [-0.3, -0.25) is 9.78 Å². The van der Waals surface area contributed by atoms with Crippen LogP contribution < -0.4 is 15.0 Å². The van der Waals surface area contributed by atoms with E-state index in [1.165, 1.54) is 5.57 Å². The molecule has 1 aromatic heterocycles. The minimum absolute atomic E-state index is 0.0862. The molecule has 2 aliphatic heterocycles. The molecule has 1 atom stereocenters. The van der Waals surface area contributed by atoms with Gasteiger partial charge < -0.3 is 19.7 Å². The molecule has 3 aromatic rings. The van der Waals surface area contributed by atoms with E-state index >= 15 is 0 Å². The van der Waals surface area contributed by atoms with Crippen LogP contribution in [0.5, 0.6) is 5.75 Å². The second-order valence-corrected chi connectivity index (χ2v) is 8.37. The Morgan fingerprint density at radius 3 is 2.81 bits per heavy atom. The summed E-state index contributed by atoms with van der Waals surface area (Å²) in [5, 5.41) is 4.19. The average Bonchev–Trinajstić information content (AvgIpc) is 2.83. The zero-order chi connectivity index (χ0) is 22.1. The smallest absolute Gasteiger partial charge is 0.255 e. The number of para-hydroxylation sites is 2. The van der Waals surface area contributed by atoms with E-state index in [-0.39, 0.29) is 11.9 Å². The highest BCUT2D eigenvalue weighted by atomic mass is 16.5. The van der Waals surface area contributed by atoms with Crippen molar-refractivity contribution in [1.82, 2.24) is 10.3 Å². The minimum Gasteiger partial charge on any atom is -0.493 e. The zero-order valence-electron chi connectivity index (χ0n) is 18.4. The van der Waals surface area contributed by atoms with Crippen LogP contribution in [0.25, 0.3) is 16.5 Å². The summed E-state index contributed by atoms with van der Waals surface area (Å²) in [5.74, 6) is 0.711. The van der Waals surface area contributed by atoms with Gasteiger partial charge in [-0.15, -0.1) is 0 Å². The lowest BCUT2D eigenvalue weighted by molar-refractivity contribution is 0.0925. The number of hydrogen-bond acceptors (Lipinski definition) is 5. The molecule has 0 bridgehead atoms. The fourth-order valence-electron chi connectivity index (χ4n) is 4.62. The first-order valence-corrected chi connectivity index (χ1v) is 11.0. The maximum absolute atomic E-state index is 13.4. The zero-order valence-corrected chi connectivity index (χ0v) is 18.4. The predicted octanol–water partition coefficient (Wildman–Crippen LogP) is 4.36. The third kappa shape index (κ3) is 3.71. The van der Waals surface area contributed by atoms with Crippen LogP contribution >= 0.6 is 0 Å². The Kier molecular flexibility index (Phi) is 5.53. The molecule has 0 saturated heterocycles. The molecule has 0 radical (unpaired) electrons. The van der Waals surface area contributed by atoms with E-state index in [4.69, 9.17) is 14.5 Å². The van der Waals surface area contributed by atoms with Crippen LogP contribution in [0.2, 0.25) is 0 Å². The van der Waals surface area contributed by atoms with Gasteiger partial charge >= 0.3 is 0 Å². The van der Waals surface area contributed by atoms with Crippen molar-refractivity contribution in [2.75, 3.05) is 38.8 Å². The second-order valence-electron chi connectivity index (χ2n) is 8.37. The summed E-state index contributed by atoms with van der Waals surface area (Å²) in [6, 6.07) is 14.0. The molecule has 6 nitrogen and oxygen atoms in total. The van der Waals surface area contributed by atoms with E-state index in [1.54, 1.807) is 6.20 Å². The molecule has 0 saturated carbocycles. The third-order valence-corrected chi connectivity index (χ3v) is 6.13. The molecular weight excluding hydrogens is 402 g/mol. The third-order valence-electron chi connectivity index (χ3n) is 6.13. The Morgan fingerprint density at radius 2 is 2.00 bits per heavy atom. The number of fused-ring (bicyclic) bond motifs is 2. The van der Waals surface area contributed by atoms with E-state index in [9.17, 15) is 4.79 Å². The summed E-state index contributed by atoms with van der Waals surface area (Å²) in [6.45, 7) is 1.93. The summed E-state index contributed by atoms with van der Waals surface area (Å²) in [6.07, 6.45) is 5.44. The monoisotopic (exact) mass is 429 g/mol. The van der Waals surface area contributed by atoms with Crippen molar-refractivity contribution >= 4 is 28.1 Å². The number of aromatic nitrogens is 1. The predicted molar refractivity (Wildman–Crippen MR) is 126 cm³/mol. The lowest BCUT2D eigenvalue weighted by Gasteiger charge is -2.27. The Labute approximate surface area is 187 Å². The fourth-order valence-corrected chi connectivity index (χ4v) is 4.62. The number of ether oxygens (including phenoxy) is 2. The number of rotatable bonds is 4. The van der Waals surface area contributed by atoms with Gasteiger partial charge in [0.1, 0.15) is 5.75 Å². The first-order valence-electron chi connectivity index (χ1n) is 11.0. The highest BCUT2D eigenvalue weighted by Gasteiger charge is 2.26. The van der Waals surface area contributed by atoms with E-state index in [0.717, 1.165) is 52.9 Å². The summed E-state index contributed by atoms with van der Waals surface area (Å²) < 4.78 is 11.2. The Bertz CT molecular complexity index is 1200. The molecule has 1 unspecified atom stereocenters. The van der Waals surface area contributed by atoms with Crippen LogP contribution in [-0.4, -0.2) is 44.8 Å². The van der Waals surface area contributed by atoms with Gasteiger partial charge in [0.15, 0.2) is 0 Å². The van der Waals surface area contributed by atoms with Gasteiger partial charge in [0.05, 0.1) is 42.6 Å². The van der Waals surface area contributed by atoms with Crippen LogP contribution in [0.4, 0.5) is 5.69 Å². The van der Waals surface area contributed by atoms with Crippen LogP contribution in [0.1, 0.15) is 40.4 Å². The molecular formula is C26H27N3O3. The summed E-state index contributed by atoms with van der Waals surface area (Å²) >= 11 is 0. The van der Waals surface area contributed by atoms with Gasteiger partial charge in [-0.05, 0) is 18.1 Å². The summed E-state index contributed by atoms with van der Waals surface area (Å²) in [7, 11) is 3.94. The van der Waals surface area contributed by atoms with Crippen molar-refractivity contribution in [1.29, 1.82) is 0 Å². The van der Waals surface area contributed by atoms with E-state index < -0.39 is 0 Å². The first kappa shape index (κ1) is 20.5. The Balaban J connectivity index is 1.54. The first-order chi connectivity index (χ1) is 15.6. The van der Waals surface area contributed by atoms with Crippen molar-refractivity contribution in [3.05, 3.63) is 71.4 Å². The van der Waals surface area contributed by atoms with E-state index in [2.05, 4.69) is 17.5 Å². The molecule has 2 aliphatic rings. The normalized spacial score (nSPS) is 17.8. The standard InChI is InChI=1S/C26H27N3O3/c1-29(2)25-20-8-5-7-18(17-10-13-31-14-11-17)24(20)27-16-21(25)26(30)28-22-12-15-32-23-9-4-3-6-19(22)23/h3-10,16,22H,11-15H2,1-2H3,(H,28,30). The number of hydrogen-bond donors (Lipinski definition) is 1. The molecule has 0 spiro atoms. The number of nitrogens with one attached hydrogen (secondary N) is 1. The van der Waals surface area contributed by atoms with Gasteiger partial charge in [0.2, 0.25) is 0 Å². The molecule has 3 heterocycles. The summed E-state index contributed by atoms with van der Waals surface area (Å²) in [5.41, 5.74) is 5.74. The molecule has 5 rings (SSSR count). The van der Waals surface area contributed by atoms with E-state index in [0.29, 0.717) is 18.8 Å². The highest BCUT2D eigenvalue weighted by molar-refractivity contribution is 6.09. The number of benzene rings is 2. The lowest BCUT2D eigenvalue weighted by Crippen LogP contribution is -2.33. The second kappa shape index (κ2) is 8.63. The molecule has 164 valence electrons. The molecule has 1 amide bonds. The number of anilines is 1. The maximum Gasteiger partial charge on any atom is 0.255 e. The summed E-state index contributed by atoms with van der Waals surface area (Å²) in [4.78, 5) is 20.2. The van der Waals surface area contributed by atoms with Crippen molar-refractivity contribution in [3.63, 3.8) is 0 Å². The molecule has 2 aromatic carbocycles. The Hall–Kier alpha value is -3.38. The molecule has 0 fully saturated rings. The lowest BCUT2D eigenvalue weighted by atomic mass is 9.96. The van der Waals surface area contributed by atoms with Crippen LogP contribution in [0.15, 0.2) is 54.7 Å². The maximum atomic E-state index is 13.4. The number of pyridine rings is 1. The Morgan fingerprint density at radius 1 is 1.12 bits per heavy atom. The van der Waals surface area contributed by atoms with Gasteiger partial charge in [-0.25, -0.2) is 0 Å². The molecule has 6 heteroatoms. The van der Waals surface area contributed by atoms with Crippen LogP contribution in [-0.2, 0) is 4.74 Å².